The molecule has 0 rings (SSSR count). The molecule has 1 N–H and O–H groups in total. The number of hydrogen-bond donors (Lipinski definition) is 1. The zero-order valence-corrected chi connectivity index (χ0v) is 11.3. The van der Waals surface area contributed by atoms with Crippen molar-refractivity contribution in [2.75, 3.05) is 20.3 Å². The monoisotopic (exact) mass is 231 g/mol. The highest BCUT2D eigenvalue weighted by Gasteiger charge is 2.34. The fourth-order valence-corrected chi connectivity index (χ4v) is 1.29. The lowest BCUT2D eigenvalue weighted by Crippen LogP contribution is -2.54. The van der Waals surface area contributed by atoms with Gasteiger partial charge in [-0.1, -0.05) is 20.8 Å². The van der Waals surface area contributed by atoms with Gasteiger partial charge in [0.15, 0.2) is 0 Å². The van der Waals surface area contributed by atoms with E-state index < -0.39 is 5.54 Å². The number of carbonyl (C=O) groups excluding carboxylic acids is 1. The molecule has 96 valence electrons. The van der Waals surface area contributed by atoms with Crippen LogP contribution in [0.25, 0.3) is 0 Å². The molecule has 4 heteroatoms. The summed E-state index contributed by atoms with van der Waals surface area (Å²) >= 11 is 0. The summed E-state index contributed by atoms with van der Waals surface area (Å²) in [6, 6.07) is 0. The molecule has 0 aromatic carbocycles. The first-order valence-corrected chi connectivity index (χ1v) is 5.82. The average molecular weight is 231 g/mol. The SMILES string of the molecule is CCNC(C)(COC(C)C(C)C)C(=O)OC. The summed E-state index contributed by atoms with van der Waals surface area (Å²) in [5.41, 5.74) is -0.757. The molecule has 0 aliphatic heterocycles. The topological polar surface area (TPSA) is 47.6 Å². The first kappa shape index (κ1) is 15.4. The van der Waals surface area contributed by atoms with E-state index in [-0.39, 0.29) is 12.1 Å². The third kappa shape index (κ3) is 4.49. The molecular weight excluding hydrogens is 206 g/mol. The fraction of sp³-hybridized carbons (Fsp3) is 0.917. The molecule has 2 atom stereocenters. The molecule has 16 heavy (non-hydrogen) atoms. The van der Waals surface area contributed by atoms with E-state index in [1.165, 1.54) is 7.11 Å². The number of methoxy groups -OCH3 is 1. The van der Waals surface area contributed by atoms with Crippen molar-refractivity contribution >= 4 is 5.97 Å². The van der Waals surface area contributed by atoms with Gasteiger partial charge in [0.2, 0.25) is 0 Å². The van der Waals surface area contributed by atoms with Crippen LogP contribution < -0.4 is 5.32 Å². The van der Waals surface area contributed by atoms with Crippen LogP contribution in [-0.4, -0.2) is 37.9 Å². The van der Waals surface area contributed by atoms with Gasteiger partial charge >= 0.3 is 5.97 Å². The van der Waals surface area contributed by atoms with E-state index in [4.69, 9.17) is 9.47 Å². The van der Waals surface area contributed by atoms with Crippen LogP contribution >= 0.6 is 0 Å². The Balaban J connectivity index is 4.38. The third-order valence-electron chi connectivity index (χ3n) is 2.78. The van der Waals surface area contributed by atoms with Crippen molar-refractivity contribution in [3.05, 3.63) is 0 Å². The zero-order valence-electron chi connectivity index (χ0n) is 11.3. The van der Waals surface area contributed by atoms with E-state index >= 15 is 0 Å². The molecule has 0 fully saturated rings. The molecular formula is C12H25NO3. The lowest BCUT2D eigenvalue weighted by Gasteiger charge is -2.29. The van der Waals surface area contributed by atoms with E-state index in [0.29, 0.717) is 19.1 Å². The first-order valence-electron chi connectivity index (χ1n) is 5.82. The number of hydrogen-bond acceptors (Lipinski definition) is 4. The second kappa shape index (κ2) is 6.86. The van der Waals surface area contributed by atoms with E-state index in [1.54, 1.807) is 6.92 Å². The highest BCUT2D eigenvalue weighted by molar-refractivity contribution is 5.80. The van der Waals surface area contributed by atoms with E-state index in [1.807, 2.05) is 13.8 Å². The Labute approximate surface area is 98.7 Å². The molecule has 0 saturated carbocycles. The van der Waals surface area contributed by atoms with Crippen molar-refractivity contribution in [2.24, 2.45) is 5.92 Å². The van der Waals surface area contributed by atoms with Crippen molar-refractivity contribution in [2.45, 2.75) is 46.3 Å². The van der Waals surface area contributed by atoms with Crippen LogP contribution in [0.4, 0.5) is 0 Å². The molecule has 0 aliphatic carbocycles. The van der Waals surface area contributed by atoms with Crippen molar-refractivity contribution in [3.8, 4) is 0 Å². The minimum absolute atomic E-state index is 0.127. The molecule has 0 bridgehead atoms. The molecule has 0 saturated heterocycles. The van der Waals surface area contributed by atoms with Gasteiger partial charge in [-0.15, -0.1) is 0 Å². The maximum atomic E-state index is 11.6. The molecule has 0 spiro atoms. The number of nitrogens with one attached hydrogen (secondary N) is 1. The van der Waals surface area contributed by atoms with Crippen LogP contribution in [-0.2, 0) is 14.3 Å². The Kier molecular flexibility index (Phi) is 6.60. The smallest absolute Gasteiger partial charge is 0.328 e. The van der Waals surface area contributed by atoms with Crippen LogP contribution in [0.15, 0.2) is 0 Å². The first-order chi connectivity index (χ1) is 7.37. The average Bonchev–Trinajstić information content (AvgIpc) is 2.24. The van der Waals surface area contributed by atoms with Crippen molar-refractivity contribution in [3.63, 3.8) is 0 Å². The summed E-state index contributed by atoms with van der Waals surface area (Å²) < 4.78 is 10.5. The summed E-state index contributed by atoms with van der Waals surface area (Å²) in [6.45, 7) is 11.0. The van der Waals surface area contributed by atoms with Crippen LogP contribution in [0, 0.1) is 5.92 Å². The summed E-state index contributed by atoms with van der Waals surface area (Å²) in [5.74, 6) is 0.147. The third-order valence-corrected chi connectivity index (χ3v) is 2.78. The van der Waals surface area contributed by atoms with Gasteiger partial charge in [0.05, 0.1) is 19.8 Å². The van der Waals surface area contributed by atoms with Gasteiger partial charge in [-0.25, -0.2) is 4.79 Å². The van der Waals surface area contributed by atoms with Crippen LogP contribution in [0.2, 0.25) is 0 Å². The Bertz CT molecular complexity index is 218. The minimum atomic E-state index is -0.757. The standard InChI is InChI=1S/C12H25NO3/c1-7-13-12(5,11(14)15-6)8-16-10(4)9(2)3/h9-10,13H,7-8H2,1-6H3. The molecule has 0 radical (unpaired) electrons. The maximum Gasteiger partial charge on any atom is 0.328 e. The molecule has 0 aromatic heterocycles. The van der Waals surface area contributed by atoms with Crippen molar-refractivity contribution in [1.29, 1.82) is 0 Å². The van der Waals surface area contributed by atoms with Gasteiger partial charge in [-0.2, -0.15) is 0 Å². The Morgan fingerprint density at radius 1 is 1.38 bits per heavy atom. The largest absolute Gasteiger partial charge is 0.468 e. The number of esters is 1. The molecule has 0 heterocycles. The number of rotatable bonds is 7. The molecule has 4 nitrogen and oxygen atoms in total. The van der Waals surface area contributed by atoms with Crippen LogP contribution in [0.5, 0.6) is 0 Å². The lowest BCUT2D eigenvalue weighted by atomic mass is 10.0. The van der Waals surface area contributed by atoms with Gasteiger partial charge in [0, 0.05) is 0 Å². The predicted molar refractivity (Wildman–Crippen MR) is 64.3 cm³/mol. The number of carbonyl (C=O) groups is 1. The zero-order chi connectivity index (χ0) is 12.8. The van der Waals surface area contributed by atoms with Gasteiger partial charge < -0.3 is 14.8 Å². The minimum Gasteiger partial charge on any atom is -0.468 e. The highest BCUT2D eigenvalue weighted by atomic mass is 16.5. The van der Waals surface area contributed by atoms with Crippen LogP contribution in [0.3, 0.4) is 0 Å². The highest BCUT2D eigenvalue weighted by Crippen LogP contribution is 2.12. The van der Waals surface area contributed by atoms with Gasteiger partial charge in [0.25, 0.3) is 0 Å². The normalized spacial score (nSPS) is 16.9. The van der Waals surface area contributed by atoms with E-state index in [0.717, 1.165) is 0 Å². The van der Waals surface area contributed by atoms with Gasteiger partial charge in [-0.05, 0) is 26.3 Å². The molecule has 2 unspecified atom stereocenters. The molecule has 0 aliphatic rings. The Morgan fingerprint density at radius 2 is 1.94 bits per heavy atom. The lowest BCUT2D eigenvalue weighted by molar-refractivity contribution is -0.152. The van der Waals surface area contributed by atoms with E-state index in [2.05, 4.69) is 19.2 Å². The summed E-state index contributed by atoms with van der Waals surface area (Å²) in [4.78, 5) is 11.6. The van der Waals surface area contributed by atoms with E-state index in [9.17, 15) is 4.79 Å². The predicted octanol–water partition coefficient (Wildman–Crippen LogP) is 1.59. The van der Waals surface area contributed by atoms with Crippen molar-refractivity contribution < 1.29 is 14.3 Å². The Morgan fingerprint density at radius 3 is 2.31 bits per heavy atom. The molecule has 0 amide bonds. The quantitative estimate of drug-likeness (QED) is 0.676. The van der Waals surface area contributed by atoms with Gasteiger partial charge in [0.1, 0.15) is 5.54 Å². The summed E-state index contributed by atoms with van der Waals surface area (Å²) in [6.07, 6.45) is 0.127. The summed E-state index contributed by atoms with van der Waals surface area (Å²) in [7, 11) is 1.39. The number of likely N-dealkylation sites (N-methyl/N-ethyl adjacent to an activating group) is 1. The maximum absolute atomic E-state index is 11.6. The number of ether oxygens (including phenoxy) is 2. The second-order valence-corrected chi connectivity index (χ2v) is 4.61. The van der Waals surface area contributed by atoms with Crippen molar-refractivity contribution in [1.82, 2.24) is 5.32 Å². The molecule has 0 aromatic rings. The van der Waals surface area contributed by atoms with Gasteiger partial charge in [-0.3, -0.25) is 0 Å². The van der Waals surface area contributed by atoms with Crippen LogP contribution in [0.1, 0.15) is 34.6 Å². The fourth-order valence-electron chi connectivity index (χ4n) is 1.29. The Hall–Kier alpha value is -0.610. The summed E-state index contributed by atoms with van der Waals surface area (Å²) in [5, 5.41) is 3.10. The second-order valence-electron chi connectivity index (χ2n) is 4.61.